The quantitative estimate of drug-likeness (QED) is 0.124. The Hall–Kier alpha value is -7.52. The van der Waals surface area contributed by atoms with Gasteiger partial charge in [-0.3, -0.25) is 24.5 Å². The van der Waals surface area contributed by atoms with Crippen LogP contribution in [0.3, 0.4) is 0 Å². The van der Waals surface area contributed by atoms with E-state index >= 15 is 0 Å². The molecule has 9 rings (SSSR count). The average Bonchev–Trinajstić information content (AvgIpc) is 3.79. The molecular weight excluding hydrogens is 891 g/mol. The second kappa shape index (κ2) is 21.0. The average molecular weight is 952 g/mol. The second-order valence-corrected chi connectivity index (χ2v) is 19.3. The normalized spacial score (nSPS) is 17.9. The number of aliphatic hydroxyl groups is 1. The van der Waals surface area contributed by atoms with E-state index in [0.717, 1.165) is 76.5 Å². The number of urea groups is 1. The molecular formula is C52H61N11O7. The van der Waals surface area contributed by atoms with Crippen LogP contribution in [0.25, 0.3) is 27.8 Å². The number of aromatic nitrogens is 3. The fraction of sp³-hybridized carbons (Fsp3) is 0.423. The molecule has 70 heavy (non-hydrogen) atoms. The summed E-state index contributed by atoms with van der Waals surface area (Å²) in [4.78, 5) is 73.5. The van der Waals surface area contributed by atoms with Crippen LogP contribution in [0.1, 0.15) is 70.4 Å². The first-order chi connectivity index (χ1) is 33.7. The molecule has 0 unspecified atom stereocenters. The summed E-state index contributed by atoms with van der Waals surface area (Å²) in [6.07, 6.45) is 8.28. The van der Waals surface area contributed by atoms with Gasteiger partial charge in [0, 0.05) is 124 Å². The summed E-state index contributed by atoms with van der Waals surface area (Å²) < 4.78 is 1.76. The number of piperidine rings is 2. The van der Waals surface area contributed by atoms with E-state index in [2.05, 4.69) is 66.8 Å². The number of carbonyl (C=O) groups excluding carboxylic acids is 4. The number of rotatable bonds is 11. The van der Waals surface area contributed by atoms with Crippen molar-refractivity contribution in [3.05, 3.63) is 96.4 Å². The predicted molar refractivity (Wildman–Crippen MR) is 265 cm³/mol. The third-order valence-electron chi connectivity index (χ3n) is 14.1. The maximum absolute atomic E-state index is 13.6. The minimum atomic E-state index is -1.06. The van der Waals surface area contributed by atoms with Gasteiger partial charge in [-0.1, -0.05) is 31.2 Å². The van der Waals surface area contributed by atoms with Gasteiger partial charge in [0.15, 0.2) is 0 Å². The summed E-state index contributed by atoms with van der Waals surface area (Å²) in [5.41, 5.74) is 6.49. The molecule has 5 aromatic rings. The Balaban J connectivity index is 0.00000214. The molecule has 4 N–H and O–H groups in total. The van der Waals surface area contributed by atoms with Crippen LogP contribution in [-0.4, -0.2) is 135 Å². The first kappa shape index (κ1) is 48.9. The van der Waals surface area contributed by atoms with E-state index in [1.165, 1.54) is 0 Å². The Bertz CT molecular complexity index is 2730. The van der Waals surface area contributed by atoms with Crippen LogP contribution >= 0.6 is 0 Å². The number of pyridine rings is 2. The third-order valence-corrected chi connectivity index (χ3v) is 14.1. The van der Waals surface area contributed by atoms with Gasteiger partial charge in [-0.05, 0) is 93.1 Å². The van der Waals surface area contributed by atoms with Gasteiger partial charge in [0.25, 0.3) is 6.47 Å². The maximum Gasteiger partial charge on any atom is 0.324 e. The van der Waals surface area contributed by atoms with Gasteiger partial charge in [-0.15, -0.1) is 0 Å². The summed E-state index contributed by atoms with van der Waals surface area (Å²) in [5, 5.41) is 38.4. The number of nitrogens with zero attached hydrogens (tertiary/aromatic N) is 9. The van der Waals surface area contributed by atoms with Gasteiger partial charge >= 0.3 is 6.03 Å². The number of carboxylic acid groups (broad SMARTS) is 1. The lowest BCUT2D eigenvalue weighted by Gasteiger charge is -2.41. The molecule has 7 heterocycles. The number of amides is 5. The fourth-order valence-electron chi connectivity index (χ4n) is 9.82. The third kappa shape index (κ3) is 11.0. The fourth-order valence-corrected chi connectivity index (χ4v) is 9.82. The maximum atomic E-state index is 13.6. The zero-order chi connectivity index (χ0) is 49.6. The number of hydrogen-bond acceptors (Lipinski definition) is 12. The molecule has 18 heteroatoms. The number of piperazine rings is 1. The van der Waals surface area contributed by atoms with E-state index in [0.29, 0.717) is 77.2 Å². The Morgan fingerprint density at radius 1 is 0.829 bits per heavy atom. The zero-order valence-electron chi connectivity index (χ0n) is 40.0. The van der Waals surface area contributed by atoms with Crippen LogP contribution in [-0.2, 0) is 25.7 Å². The molecule has 0 bridgehead atoms. The largest absolute Gasteiger partial charge is 0.483 e. The number of anilines is 3. The van der Waals surface area contributed by atoms with Crippen LogP contribution in [0.4, 0.5) is 22.0 Å². The number of fused-ring (bicyclic) bond motifs is 1. The lowest BCUT2D eigenvalue weighted by atomic mass is 9.79. The summed E-state index contributed by atoms with van der Waals surface area (Å²) in [6, 6.07) is 24.6. The number of nitrogens with one attached hydrogen (secondary N) is 2. The van der Waals surface area contributed by atoms with Gasteiger partial charge in [0.2, 0.25) is 17.7 Å². The highest BCUT2D eigenvalue weighted by Gasteiger charge is 2.38. The molecule has 18 nitrogen and oxygen atoms in total. The molecule has 4 saturated heterocycles. The highest BCUT2D eigenvalue weighted by molar-refractivity contribution is 5.96. The molecule has 0 atom stereocenters. The minimum Gasteiger partial charge on any atom is -0.483 e. The molecule has 4 fully saturated rings. The van der Waals surface area contributed by atoms with Crippen LogP contribution in [0.5, 0.6) is 0 Å². The lowest BCUT2D eigenvalue weighted by Crippen LogP contribution is -2.52. The minimum absolute atomic E-state index is 0.0185. The van der Waals surface area contributed by atoms with Gasteiger partial charge in [-0.25, -0.2) is 14.3 Å². The van der Waals surface area contributed by atoms with Crippen LogP contribution in [0.2, 0.25) is 0 Å². The molecule has 0 saturated carbocycles. The van der Waals surface area contributed by atoms with Gasteiger partial charge < -0.3 is 40.0 Å². The lowest BCUT2D eigenvalue weighted by molar-refractivity contribution is -0.137. The first-order valence-corrected chi connectivity index (χ1v) is 24.0. The molecule has 0 radical (unpaired) electrons. The van der Waals surface area contributed by atoms with Crippen molar-refractivity contribution in [2.75, 3.05) is 73.6 Å². The van der Waals surface area contributed by atoms with Crippen molar-refractivity contribution in [2.45, 2.75) is 77.5 Å². The van der Waals surface area contributed by atoms with Crippen molar-refractivity contribution in [1.29, 1.82) is 5.26 Å². The van der Waals surface area contributed by atoms with E-state index < -0.39 is 11.0 Å². The van der Waals surface area contributed by atoms with Crippen molar-refractivity contribution in [2.24, 2.45) is 5.41 Å². The molecule has 5 amide bonds. The zero-order valence-corrected chi connectivity index (χ0v) is 40.0. The highest BCUT2D eigenvalue weighted by Crippen LogP contribution is 2.36. The summed E-state index contributed by atoms with van der Waals surface area (Å²) in [6.45, 7) is 11.9. The van der Waals surface area contributed by atoms with Crippen molar-refractivity contribution >= 4 is 52.9 Å². The molecule has 366 valence electrons. The van der Waals surface area contributed by atoms with Gasteiger partial charge in [-0.2, -0.15) is 10.4 Å². The van der Waals surface area contributed by atoms with Crippen LogP contribution in [0.15, 0.2) is 85.3 Å². The van der Waals surface area contributed by atoms with Crippen molar-refractivity contribution in [3.63, 3.8) is 0 Å². The summed E-state index contributed by atoms with van der Waals surface area (Å²) in [7, 11) is 0. The van der Waals surface area contributed by atoms with Gasteiger partial charge in [0.1, 0.15) is 11.9 Å². The van der Waals surface area contributed by atoms with Crippen LogP contribution in [0, 0.1) is 16.7 Å². The molecule has 0 aliphatic carbocycles. The van der Waals surface area contributed by atoms with E-state index in [-0.39, 0.29) is 42.7 Å². The SMILES string of the molecule is CC(C)NC(=O)C1(C)CCN(c2ccc(-c3cc(-c4ccc(N5CCN(C(=O)CC6(O)CCN(c7ccc(CN8CCC(=O)NC8=O)cc7)CC6)CC5)cc4)cn4ncc(C#N)c34)cn2)CC1.O=CO. The van der Waals surface area contributed by atoms with E-state index in [4.69, 9.17) is 14.9 Å². The smallest absolute Gasteiger partial charge is 0.324 e. The number of hydrogen-bond donors (Lipinski definition) is 4. The van der Waals surface area contributed by atoms with Crippen LogP contribution < -0.4 is 25.3 Å². The Kier molecular flexibility index (Phi) is 14.7. The summed E-state index contributed by atoms with van der Waals surface area (Å²) >= 11 is 0. The molecule has 0 spiro atoms. The first-order valence-electron chi connectivity index (χ1n) is 24.0. The summed E-state index contributed by atoms with van der Waals surface area (Å²) in [5.74, 6) is 0.704. The Labute approximate surface area is 407 Å². The number of benzene rings is 2. The van der Waals surface area contributed by atoms with E-state index in [1.54, 1.807) is 15.6 Å². The van der Waals surface area contributed by atoms with Gasteiger partial charge in [0.05, 0.1) is 29.3 Å². The second-order valence-electron chi connectivity index (χ2n) is 19.3. The molecule has 4 aliphatic rings. The van der Waals surface area contributed by atoms with Crippen molar-refractivity contribution in [3.8, 4) is 28.3 Å². The van der Waals surface area contributed by atoms with E-state index in [1.807, 2.05) is 74.5 Å². The number of nitriles is 1. The predicted octanol–water partition coefficient (Wildman–Crippen LogP) is 5.28. The van der Waals surface area contributed by atoms with E-state index in [9.17, 15) is 29.5 Å². The van der Waals surface area contributed by atoms with Crippen molar-refractivity contribution in [1.82, 2.24) is 35.0 Å². The standard InChI is InChI=1S/C51H59N11O5.CH2O2/c1-35(2)55-48(65)50(3)15-20-59(21-16-50)44-13-8-38(31-53-44)43-28-39(34-62-47(43)40(30-52)32-54-62)37-6-11-42(12-7-37)58-24-26-60(27-25-58)46(64)29-51(67)17-22-57(23-18-51)41-9-4-36(5-10-41)33-61-19-14-45(63)56-49(61)66;2-1-3/h4-13,28,31-32,34-35,67H,14-27,29,33H2,1-3H3,(H,55,65)(H,56,63,66);1H,(H,2,3). The topological polar surface area (TPSA) is 220 Å². The molecule has 4 aliphatic heterocycles. The number of imide groups is 1. The highest BCUT2D eigenvalue weighted by atomic mass is 16.3. The number of carbonyl (C=O) groups is 5. The molecule has 2 aromatic carbocycles. The Morgan fingerprint density at radius 2 is 1.44 bits per heavy atom. The van der Waals surface area contributed by atoms with Crippen molar-refractivity contribution < 1.29 is 34.2 Å². The molecule has 3 aromatic heterocycles. The Morgan fingerprint density at radius 3 is 2.04 bits per heavy atom. The monoisotopic (exact) mass is 951 g/mol.